The van der Waals surface area contributed by atoms with Gasteiger partial charge in [0.05, 0.1) is 0 Å². The van der Waals surface area contributed by atoms with Gasteiger partial charge in [0.2, 0.25) is 0 Å². The van der Waals surface area contributed by atoms with E-state index in [0.29, 0.717) is 24.5 Å². The van der Waals surface area contributed by atoms with Crippen molar-refractivity contribution >= 4 is 17.9 Å². The molecule has 2 aliphatic rings. The van der Waals surface area contributed by atoms with Crippen LogP contribution < -0.4 is 10.1 Å². The first-order valence-electron chi connectivity index (χ1n) is 8.73. The Bertz CT molecular complexity index is 720. The average molecular weight is 344 g/mol. The van der Waals surface area contributed by atoms with E-state index in [1.807, 2.05) is 26.0 Å². The molecular formula is C19H24N2O4. The SMILES string of the molecule is Cc1ccc(C)c(OC(=O)CN2C(=O)NC3(CCC(C)CC3)C2=O)c1. The zero-order valence-electron chi connectivity index (χ0n) is 14.9. The molecule has 0 unspecified atom stereocenters. The number of imide groups is 1. The molecule has 1 aliphatic heterocycles. The number of rotatable bonds is 3. The third-order valence-corrected chi connectivity index (χ3v) is 5.23. The van der Waals surface area contributed by atoms with Crippen LogP contribution in [-0.4, -0.2) is 34.9 Å². The van der Waals surface area contributed by atoms with Gasteiger partial charge in [0.25, 0.3) is 5.91 Å². The molecule has 1 N–H and O–H groups in total. The maximum absolute atomic E-state index is 12.7. The van der Waals surface area contributed by atoms with E-state index in [9.17, 15) is 14.4 Å². The van der Waals surface area contributed by atoms with Crippen LogP contribution in [0, 0.1) is 19.8 Å². The molecule has 1 spiro atoms. The van der Waals surface area contributed by atoms with Crippen molar-refractivity contribution in [1.82, 2.24) is 10.2 Å². The van der Waals surface area contributed by atoms with Crippen LogP contribution in [0.1, 0.15) is 43.7 Å². The molecule has 1 aliphatic carbocycles. The summed E-state index contributed by atoms with van der Waals surface area (Å²) in [5, 5.41) is 2.81. The predicted molar refractivity (Wildman–Crippen MR) is 92.2 cm³/mol. The maximum Gasteiger partial charge on any atom is 0.331 e. The Morgan fingerprint density at radius 3 is 2.64 bits per heavy atom. The van der Waals surface area contributed by atoms with E-state index in [1.165, 1.54) is 0 Å². The molecule has 0 radical (unpaired) electrons. The van der Waals surface area contributed by atoms with E-state index < -0.39 is 17.5 Å². The van der Waals surface area contributed by atoms with Gasteiger partial charge in [-0.3, -0.25) is 9.69 Å². The molecule has 134 valence electrons. The van der Waals surface area contributed by atoms with E-state index in [4.69, 9.17) is 4.74 Å². The van der Waals surface area contributed by atoms with Crippen molar-refractivity contribution < 1.29 is 19.1 Å². The molecule has 1 aromatic carbocycles. The van der Waals surface area contributed by atoms with E-state index in [2.05, 4.69) is 12.2 Å². The minimum absolute atomic E-state index is 0.303. The molecule has 6 heteroatoms. The second kappa shape index (κ2) is 6.50. The number of amides is 3. The second-order valence-electron chi connectivity index (χ2n) is 7.33. The van der Waals surface area contributed by atoms with Gasteiger partial charge >= 0.3 is 12.0 Å². The van der Waals surface area contributed by atoms with Gasteiger partial charge in [0.1, 0.15) is 17.8 Å². The van der Waals surface area contributed by atoms with Crippen molar-refractivity contribution in [3.05, 3.63) is 29.3 Å². The van der Waals surface area contributed by atoms with E-state index >= 15 is 0 Å². The van der Waals surface area contributed by atoms with Crippen molar-refractivity contribution in [2.75, 3.05) is 6.54 Å². The lowest BCUT2D eigenvalue weighted by molar-refractivity contribution is -0.141. The van der Waals surface area contributed by atoms with Gasteiger partial charge in [-0.2, -0.15) is 0 Å². The molecule has 3 rings (SSSR count). The minimum Gasteiger partial charge on any atom is -0.425 e. The summed E-state index contributed by atoms with van der Waals surface area (Å²) < 4.78 is 5.36. The average Bonchev–Trinajstić information content (AvgIpc) is 2.78. The number of carbonyl (C=O) groups excluding carboxylic acids is 3. The van der Waals surface area contributed by atoms with Gasteiger partial charge in [0.15, 0.2) is 0 Å². The quantitative estimate of drug-likeness (QED) is 0.520. The normalized spacial score (nSPS) is 26.0. The highest BCUT2D eigenvalue weighted by molar-refractivity contribution is 6.08. The fraction of sp³-hybridized carbons (Fsp3) is 0.526. The summed E-state index contributed by atoms with van der Waals surface area (Å²) in [5.41, 5.74) is 0.968. The van der Waals surface area contributed by atoms with Crippen molar-refractivity contribution in [2.45, 2.75) is 52.0 Å². The maximum atomic E-state index is 12.7. The molecule has 1 saturated heterocycles. The number of benzene rings is 1. The third-order valence-electron chi connectivity index (χ3n) is 5.23. The van der Waals surface area contributed by atoms with Crippen LogP contribution in [0.4, 0.5) is 4.79 Å². The molecule has 1 saturated carbocycles. The van der Waals surface area contributed by atoms with E-state index in [0.717, 1.165) is 28.9 Å². The number of ether oxygens (including phenoxy) is 1. The molecular weight excluding hydrogens is 320 g/mol. The third kappa shape index (κ3) is 3.38. The topological polar surface area (TPSA) is 75.7 Å². The zero-order valence-corrected chi connectivity index (χ0v) is 14.9. The van der Waals surface area contributed by atoms with Gasteiger partial charge in [-0.1, -0.05) is 19.1 Å². The minimum atomic E-state index is -0.830. The van der Waals surface area contributed by atoms with Gasteiger partial charge in [0, 0.05) is 0 Å². The molecule has 0 aromatic heterocycles. The van der Waals surface area contributed by atoms with Gasteiger partial charge < -0.3 is 10.1 Å². The largest absolute Gasteiger partial charge is 0.425 e. The number of hydrogen-bond acceptors (Lipinski definition) is 4. The van der Waals surface area contributed by atoms with Crippen LogP contribution in [0.25, 0.3) is 0 Å². The van der Waals surface area contributed by atoms with Crippen molar-refractivity contribution in [2.24, 2.45) is 5.92 Å². The van der Waals surface area contributed by atoms with Crippen molar-refractivity contribution in [3.8, 4) is 5.75 Å². The Labute approximate surface area is 147 Å². The van der Waals surface area contributed by atoms with Gasteiger partial charge in [-0.25, -0.2) is 9.59 Å². The van der Waals surface area contributed by atoms with Crippen molar-refractivity contribution in [3.63, 3.8) is 0 Å². The van der Waals surface area contributed by atoms with Gasteiger partial charge in [-0.05, 0) is 62.6 Å². The molecule has 0 atom stereocenters. The standard InChI is InChI=1S/C19H24N2O4/c1-12-6-8-19(9-7-12)17(23)21(18(24)20-19)11-16(22)25-15-10-13(2)4-5-14(15)3/h4-5,10,12H,6-9,11H2,1-3H3,(H,20,24). The summed E-state index contributed by atoms with van der Waals surface area (Å²) >= 11 is 0. The summed E-state index contributed by atoms with van der Waals surface area (Å²) in [4.78, 5) is 38.2. The molecule has 6 nitrogen and oxygen atoms in total. The Morgan fingerprint density at radius 1 is 1.28 bits per heavy atom. The summed E-state index contributed by atoms with van der Waals surface area (Å²) in [6.07, 6.45) is 3.04. The molecule has 3 amide bonds. The molecule has 2 fully saturated rings. The highest BCUT2D eigenvalue weighted by atomic mass is 16.5. The van der Waals surface area contributed by atoms with Crippen LogP contribution in [0.15, 0.2) is 18.2 Å². The highest BCUT2D eigenvalue weighted by Crippen LogP contribution is 2.36. The lowest BCUT2D eigenvalue weighted by atomic mass is 9.77. The number of esters is 1. The first kappa shape index (κ1) is 17.5. The summed E-state index contributed by atoms with van der Waals surface area (Å²) in [6, 6.07) is 5.06. The van der Waals surface area contributed by atoms with Crippen LogP contribution in [0.2, 0.25) is 0 Å². The summed E-state index contributed by atoms with van der Waals surface area (Å²) in [7, 11) is 0. The molecule has 0 bridgehead atoms. The Balaban J connectivity index is 1.68. The number of carbonyl (C=O) groups is 3. The fourth-order valence-electron chi connectivity index (χ4n) is 3.51. The number of nitrogens with one attached hydrogen (secondary N) is 1. The Kier molecular flexibility index (Phi) is 4.54. The number of nitrogens with zero attached hydrogens (tertiary/aromatic N) is 1. The predicted octanol–water partition coefficient (Wildman–Crippen LogP) is 2.71. The molecule has 1 heterocycles. The van der Waals surface area contributed by atoms with Gasteiger partial charge in [-0.15, -0.1) is 0 Å². The van der Waals surface area contributed by atoms with Crippen LogP contribution in [-0.2, 0) is 9.59 Å². The Hall–Kier alpha value is -2.37. The van der Waals surface area contributed by atoms with Crippen LogP contribution in [0.3, 0.4) is 0 Å². The van der Waals surface area contributed by atoms with E-state index in [-0.39, 0.29) is 12.5 Å². The zero-order chi connectivity index (χ0) is 18.2. The monoisotopic (exact) mass is 344 g/mol. The first-order valence-corrected chi connectivity index (χ1v) is 8.73. The Morgan fingerprint density at radius 2 is 1.96 bits per heavy atom. The van der Waals surface area contributed by atoms with Crippen molar-refractivity contribution in [1.29, 1.82) is 0 Å². The lowest BCUT2D eigenvalue weighted by Crippen LogP contribution is -2.49. The lowest BCUT2D eigenvalue weighted by Gasteiger charge is -2.33. The second-order valence-corrected chi connectivity index (χ2v) is 7.33. The van der Waals surface area contributed by atoms with Crippen LogP contribution >= 0.6 is 0 Å². The number of aryl methyl sites for hydroxylation is 2. The smallest absolute Gasteiger partial charge is 0.331 e. The summed E-state index contributed by atoms with van der Waals surface area (Å²) in [5.74, 6) is 0.0950. The number of hydrogen-bond donors (Lipinski definition) is 1. The fourth-order valence-corrected chi connectivity index (χ4v) is 3.51. The van der Waals surface area contributed by atoms with E-state index in [1.54, 1.807) is 6.07 Å². The number of urea groups is 1. The molecule has 1 aromatic rings. The highest BCUT2D eigenvalue weighted by Gasteiger charge is 2.52. The molecule has 25 heavy (non-hydrogen) atoms. The summed E-state index contributed by atoms with van der Waals surface area (Å²) in [6.45, 7) is 5.53. The first-order chi connectivity index (χ1) is 11.8. The van der Waals surface area contributed by atoms with Crippen LogP contribution in [0.5, 0.6) is 5.75 Å².